The molecule has 0 radical (unpaired) electrons. The van der Waals surface area contributed by atoms with Crippen LogP contribution in [0.2, 0.25) is 5.32 Å². The van der Waals surface area contributed by atoms with Gasteiger partial charge in [0, 0.05) is 28.1 Å². The zero-order chi connectivity index (χ0) is 22.1. The topological polar surface area (TPSA) is 37.6 Å². The Bertz CT molecular complexity index is 1010. The van der Waals surface area contributed by atoms with Crippen molar-refractivity contribution in [2.45, 2.75) is 39.9 Å². The van der Waals surface area contributed by atoms with Crippen molar-refractivity contribution in [1.82, 2.24) is 4.98 Å². The number of rotatable bonds is 4. The fourth-order valence-electron chi connectivity index (χ4n) is 3.07. The van der Waals surface area contributed by atoms with Gasteiger partial charge in [-0.15, -0.1) is 0 Å². The summed E-state index contributed by atoms with van der Waals surface area (Å²) in [5.41, 5.74) is 9.01. The number of aryl methyl sites for hydroxylation is 4. The molecule has 0 unspecified atom stereocenters. The first-order valence-corrected chi connectivity index (χ1v) is 11.3. The first-order chi connectivity index (χ1) is 14.3. The average Bonchev–Trinajstić information content (AvgIpc) is 2.71. The summed E-state index contributed by atoms with van der Waals surface area (Å²) in [6.07, 6.45) is 5.44. The second-order valence-corrected chi connectivity index (χ2v) is 8.35. The molecule has 32 heavy (non-hydrogen) atoms. The van der Waals surface area contributed by atoms with Crippen LogP contribution < -0.4 is 24.8 Å². The summed E-state index contributed by atoms with van der Waals surface area (Å²) in [6.45, 7) is 10.3. The molecular weight excluding hydrogens is 549 g/mol. The summed E-state index contributed by atoms with van der Waals surface area (Å²) < 4.78 is 1.01. The molecule has 3 nitrogen and oxygen atoms in total. The smallest absolute Gasteiger partial charge is 1.00 e. The summed E-state index contributed by atoms with van der Waals surface area (Å²) in [5.74, 6) is 0. The van der Waals surface area contributed by atoms with Crippen molar-refractivity contribution in [3.05, 3.63) is 87.1 Å². The Morgan fingerprint density at radius 2 is 1.62 bits per heavy atom. The van der Waals surface area contributed by atoms with Crippen LogP contribution in [0.25, 0.3) is 0 Å². The monoisotopic (exact) mass is 574 g/mol. The van der Waals surface area contributed by atoms with Crippen molar-refractivity contribution in [1.29, 1.82) is 0 Å². The van der Waals surface area contributed by atoms with E-state index in [0.29, 0.717) is 0 Å². The molecule has 3 rings (SSSR count). The fraction of sp³-hybridized carbons (Fsp3) is 0.240. The number of aromatic nitrogens is 1. The number of para-hydroxylation sites is 1. The zero-order valence-electron chi connectivity index (χ0n) is 18.8. The fourth-order valence-corrected chi connectivity index (χ4v) is 3.73. The maximum Gasteiger partial charge on any atom is -1.00 e. The second-order valence-electron chi connectivity index (χ2n) is 7.05. The third-order valence-corrected chi connectivity index (χ3v) is 5.31. The van der Waals surface area contributed by atoms with Gasteiger partial charge in [0.1, 0.15) is 0 Å². The summed E-state index contributed by atoms with van der Waals surface area (Å²) in [7, 11) is 0. The predicted octanol–water partition coefficient (Wildman–Crippen LogP) is 1.58. The van der Waals surface area contributed by atoms with E-state index in [1.165, 1.54) is 16.7 Å². The van der Waals surface area contributed by atoms with Gasteiger partial charge in [-0.25, -0.2) is 0 Å². The van der Waals surface area contributed by atoms with Crippen LogP contribution in [0.5, 0.6) is 0 Å². The van der Waals surface area contributed by atoms with Gasteiger partial charge in [-0.3, -0.25) is 9.98 Å². The maximum atomic E-state index is 4.66. The zero-order valence-corrected chi connectivity index (χ0v) is 23.0. The normalized spacial score (nSPS) is 10.6. The maximum absolute atomic E-state index is 4.66. The van der Waals surface area contributed by atoms with Crippen LogP contribution in [-0.4, -0.2) is 16.9 Å². The van der Waals surface area contributed by atoms with Crippen molar-refractivity contribution in [3.63, 3.8) is 0 Å². The molecule has 0 aliphatic heterocycles. The molecule has 0 N–H and O–H groups in total. The van der Waals surface area contributed by atoms with E-state index in [4.69, 9.17) is 0 Å². The number of hydrogen-bond donors (Lipinski definition) is 0. The molecule has 0 amide bonds. The van der Waals surface area contributed by atoms with E-state index in [2.05, 4.69) is 92.8 Å². The molecule has 7 heteroatoms. The van der Waals surface area contributed by atoms with Gasteiger partial charge < -0.3 is 24.8 Å². The van der Waals surface area contributed by atoms with Crippen LogP contribution in [0.4, 0.5) is 11.4 Å². The average molecular weight is 576 g/mol. The molecule has 1 aromatic heterocycles. The van der Waals surface area contributed by atoms with Gasteiger partial charge in [-0.2, -0.15) is 0 Å². The van der Waals surface area contributed by atoms with Crippen molar-refractivity contribution in [3.8, 4) is 0 Å². The summed E-state index contributed by atoms with van der Waals surface area (Å²) in [5, 5.41) is 0.743. The molecule has 0 atom stereocenters. The third-order valence-electron chi connectivity index (χ3n) is 4.47. The van der Waals surface area contributed by atoms with E-state index < -0.39 is 0 Å². The molecule has 2 aromatic carbocycles. The molecule has 1 heterocycles. The third kappa shape index (κ3) is 9.17. The quantitative estimate of drug-likeness (QED) is 0.344. The summed E-state index contributed by atoms with van der Waals surface area (Å²) >= 11 is 7.25. The van der Waals surface area contributed by atoms with Crippen LogP contribution >= 0.6 is 15.9 Å². The SMILES string of the molecule is CC(=Nc1c(C)cccc1Br)c1cccnc1.Cc1cc(C)c(N=C[CH2][Fe+2])c(C)c1.[Cl-].[Cl-]. The van der Waals surface area contributed by atoms with Crippen molar-refractivity contribution in [2.24, 2.45) is 9.98 Å². The Hall–Kier alpha value is -1.49. The van der Waals surface area contributed by atoms with E-state index in [1.54, 1.807) is 6.20 Å². The van der Waals surface area contributed by atoms with Gasteiger partial charge in [-0.1, -0.05) is 18.2 Å². The Morgan fingerprint density at radius 3 is 2.16 bits per heavy atom. The van der Waals surface area contributed by atoms with Gasteiger partial charge in [0.05, 0.1) is 5.69 Å². The van der Waals surface area contributed by atoms with E-state index in [9.17, 15) is 0 Å². The van der Waals surface area contributed by atoms with Gasteiger partial charge in [0.15, 0.2) is 0 Å². The Morgan fingerprint density at radius 1 is 0.969 bits per heavy atom. The molecule has 171 valence electrons. The van der Waals surface area contributed by atoms with Gasteiger partial charge in [0.2, 0.25) is 0 Å². The van der Waals surface area contributed by atoms with Gasteiger partial charge >= 0.3 is 87.8 Å². The van der Waals surface area contributed by atoms with Crippen LogP contribution in [0.15, 0.2) is 69.3 Å². The van der Waals surface area contributed by atoms with Crippen molar-refractivity contribution < 1.29 is 40.8 Å². The molecule has 0 bridgehead atoms. The van der Waals surface area contributed by atoms with E-state index in [0.717, 1.165) is 38.0 Å². The number of nitrogens with zero attached hydrogens (tertiary/aromatic N) is 3. The van der Waals surface area contributed by atoms with Crippen LogP contribution in [-0.2, 0) is 16.0 Å². The van der Waals surface area contributed by atoms with Gasteiger partial charge in [-0.05, 0) is 47.5 Å². The molecule has 0 spiro atoms. The summed E-state index contributed by atoms with van der Waals surface area (Å²) in [4.78, 5) is 13.1. The van der Waals surface area contributed by atoms with E-state index >= 15 is 0 Å². The minimum absolute atomic E-state index is 0. The van der Waals surface area contributed by atoms with Crippen molar-refractivity contribution >= 4 is 39.2 Å². The Balaban J connectivity index is 0.000000584. The standard InChI is InChI=1S/C14H13BrN2.C11H14N.2ClH.Fe/c1-10-5-3-7-13(15)14(10)17-11(2)12-6-4-8-16-9-12;1-5-12-11-9(3)6-8(2)7-10(11)4;;;/h3-9H,1-2H3;5-7H,1H2,2-4H3;2*1H;/q;;;;+2/p-2. The molecule has 0 aliphatic rings. The van der Waals surface area contributed by atoms with Crippen LogP contribution in [0.3, 0.4) is 0 Å². The van der Waals surface area contributed by atoms with Crippen LogP contribution in [0, 0.1) is 27.7 Å². The van der Waals surface area contributed by atoms with Crippen molar-refractivity contribution in [2.75, 3.05) is 0 Å². The minimum atomic E-state index is 0. The predicted molar refractivity (Wildman–Crippen MR) is 129 cm³/mol. The molecule has 3 aromatic rings. The van der Waals surface area contributed by atoms with E-state index in [-0.39, 0.29) is 24.8 Å². The first kappa shape index (κ1) is 30.5. The first-order valence-electron chi connectivity index (χ1n) is 9.69. The van der Waals surface area contributed by atoms with Crippen LogP contribution in [0.1, 0.15) is 34.7 Å². The molecule has 0 fully saturated rings. The number of hydrogen-bond acceptors (Lipinski definition) is 3. The van der Waals surface area contributed by atoms with E-state index in [1.807, 2.05) is 43.6 Å². The molecule has 0 saturated heterocycles. The number of aliphatic imine (C=N–C) groups is 2. The number of benzene rings is 2. The van der Waals surface area contributed by atoms with Gasteiger partial charge in [0.25, 0.3) is 0 Å². The number of halogens is 3. The Labute approximate surface area is 221 Å². The second kappa shape index (κ2) is 15.4. The minimum Gasteiger partial charge on any atom is -1.00 e. The molecule has 0 aliphatic carbocycles. The molecular formula is C25H27BrCl2FeN3. The molecule has 0 saturated carbocycles. The number of pyridine rings is 1. The summed E-state index contributed by atoms with van der Waals surface area (Å²) in [6, 6.07) is 14.3. The Kier molecular flexibility index (Phi) is 14.6. The largest absolute Gasteiger partial charge is 1.00 e.